The molecule has 0 aliphatic carbocycles. The number of fused-ring (bicyclic) bond motifs is 2. The van der Waals surface area contributed by atoms with Crippen molar-refractivity contribution in [3.63, 3.8) is 0 Å². The average Bonchev–Trinajstić information content (AvgIpc) is 3.39. The van der Waals surface area contributed by atoms with Gasteiger partial charge in [0.2, 0.25) is 5.89 Å². The second kappa shape index (κ2) is 6.07. The number of aromatic nitrogens is 3. The van der Waals surface area contributed by atoms with Crippen molar-refractivity contribution in [2.75, 3.05) is 5.32 Å². The van der Waals surface area contributed by atoms with Gasteiger partial charge in [-0.2, -0.15) is 0 Å². The fraction of sp³-hybridized carbons (Fsp3) is 0.0500. The first-order valence-electron chi connectivity index (χ1n) is 8.38. The number of rotatable bonds is 3. The van der Waals surface area contributed by atoms with Crippen LogP contribution < -0.4 is 5.32 Å². The maximum absolute atomic E-state index is 12.2. The minimum atomic E-state index is -0.131. The monoisotopic (exact) mass is 374 g/mol. The number of imidazole rings is 1. The molecule has 3 heterocycles. The number of benzene rings is 2. The summed E-state index contributed by atoms with van der Waals surface area (Å²) in [6, 6.07) is 14.9. The third kappa shape index (κ3) is 2.88. The zero-order valence-corrected chi connectivity index (χ0v) is 15.1. The van der Waals surface area contributed by atoms with Gasteiger partial charge in [0.05, 0.1) is 15.9 Å². The maximum Gasteiger partial charge on any atom is 0.265 e. The Morgan fingerprint density at radius 2 is 2.04 bits per heavy atom. The number of hydrogen-bond donors (Lipinski definition) is 2. The molecule has 2 N–H and O–H groups in total. The van der Waals surface area contributed by atoms with Crippen LogP contribution in [-0.4, -0.2) is 20.9 Å². The molecule has 3 aromatic heterocycles. The molecule has 0 aliphatic heterocycles. The summed E-state index contributed by atoms with van der Waals surface area (Å²) in [4.78, 5) is 25.1. The van der Waals surface area contributed by atoms with E-state index in [1.54, 1.807) is 6.07 Å². The van der Waals surface area contributed by atoms with Crippen LogP contribution >= 0.6 is 11.3 Å². The molecule has 2 aromatic carbocycles. The van der Waals surface area contributed by atoms with Crippen LogP contribution in [-0.2, 0) is 0 Å². The highest BCUT2D eigenvalue weighted by Crippen LogP contribution is 2.28. The van der Waals surface area contributed by atoms with E-state index < -0.39 is 0 Å². The molecule has 7 heteroatoms. The third-order valence-corrected chi connectivity index (χ3v) is 5.11. The molecule has 0 saturated heterocycles. The summed E-state index contributed by atoms with van der Waals surface area (Å²) < 4.78 is 5.89. The van der Waals surface area contributed by atoms with Crippen molar-refractivity contribution in [1.82, 2.24) is 15.0 Å². The van der Waals surface area contributed by atoms with Crippen LogP contribution in [0, 0.1) is 6.92 Å². The van der Waals surface area contributed by atoms with Crippen LogP contribution in [0.2, 0.25) is 0 Å². The molecule has 0 bridgehead atoms. The number of H-pyrrole nitrogens is 1. The molecular weight excluding hydrogens is 360 g/mol. The van der Waals surface area contributed by atoms with Gasteiger partial charge in [-0.1, -0.05) is 6.07 Å². The number of oxazole rings is 1. The molecule has 27 heavy (non-hydrogen) atoms. The standard InChI is InChI=1S/C20H14N4O2S/c1-11-21-14-6-4-12(9-15(14)22-11)20-24-16-10-13(5-7-17(16)26-20)23-19(25)18-3-2-8-27-18/h2-10H,1H3,(H,21,22)(H,23,25). The van der Waals surface area contributed by atoms with Gasteiger partial charge in [-0.3, -0.25) is 4.79 Å². The third-order valence-electron chi connectivity index (χ3n) is 4.24. The highest BCUT2D eigenvalue weighted by Gasteiger charge is 2.12. The highest BCUT2D eigenvalue weighted by atomic mass is 32.1. The first-order valence-corrected chi connectivity index (χ1v) is 9.26. The molecule has 0 unspecified atom stereocenters. The topological polar surface area (TPSA) is 83.8 Å². The summed E-state index contributed by atoms with van der Waals surface area (Å²) in [7, 11) is 0. The van der Waals surface area contributed by atoms with Crippen LogP contribution in [0.3, 0.4) is 0 Å². The van der Waals surface area contributed by atoms with E-state index >= 15 is 0 Å². The molecule has 0 radical (unpaired) electrons. The predicted octanol–water partition coefficient (Wildman–Crippen LogP) is 4.99. The Morgan fingerprint density at radius 1 is 1.11 bits per heavy atom. The Balaban J connectivity index is 1.48. The second-order valence-electron chi connectivity index (χ2n) is 6.19. The number of aryl methyl sites for hydroxylation is 1. The molecule has 0 fully saturated rings. The predicted molar refractivity (Wildman–Crippen MR) is 106 cm³/mol. The molecule has 5 rings (SSSR count). The van der Waals surface area contributed by atoms with Gasteiger partial charge < -0.3 is 14.7 Å². The molecule has 132 valence electrons. The number of anilines is 1. The van der Waals surface area contributed by atoms with Gasteiger partial charge >= 0.3 is 0 Å². The summed E-state index contributed by atoms with van der Waals surface area (Å²) in [6.07, 6.45) is 0. The van der Waals surface area contributed by atoms with Gasteiger partial charge in [0.25, 0.3) is 5.91 Å². The van der Waals surface area contributed by atoms with Crippen molar-refractivity contribution < 1.29 is 9.21 Å². The SMILES string of the molecule is Cc1nc2ccc(-c3nc4cc(NC(=O)c5cccs5)ccc4o3)cc2[nH]1. The highest BCUT2D eigenvalue weighted by molar-refractivity contribution is 7.12. The fourth-order valence-electron chi connectivity index (χ4n) is 3.00. The second-order valence-corrected chi connectivity index (χ2v) is 7.13. The molecule has 0 spiro atoms. The number of carbonyl (C=O) groups is 1. The van der Waals surface area contributed by atoms with Crippen LogP contribution in [0.4, 0.5) is 5.69 Å². The number of aromatic amines is 1. The fourth-order valence-corrected chi connectivity index (χ4v) is 3.62. The van der Waals surface area contributed by atoms with Gasteiger partial charge in [-0.15, -0.1) is 11.3 Å². The largest absolute Gasteiger partial charge is 0.436 e. The lowest BCUT2D eigenvalue weighted by Gasteiger charge is -2.02. The lowest BCUT2D eigenvalue weighted by molar-refractivity contribution is 0.103. The summed E-state index contributed by atoms with van der Waals surface area (Å²) in [5.74, 6) is 1.26. The first kappa shape index (κ1) is 15.8. The van der Waals surface area contributed by atoms with E-state index in [-0.39, 0.29) is 5.91 Å². The van der Waals surface area contributed by atoms with E-state index in [0.717, 1.165) is 22.4 Å². The van der Waals surface area contributed by atoms with Gasteiger partial charge in [0.15, 0.2) is 5.58 Å². The van der Waals surface area contributed by atoms with E-state index in [4.69, 9.17) is 4.42 Å². The van der Waals surface area contributed by atoms with E-state index in [2.05, 4.69) is 20.3 Å². The van der Waals surface area contributed by atoms with Crippen LogP contribution in [0.25, 0.3) is 33.6 Å². The Bertz CT molecular complexity index is 1280. The van der Waals surface area contributed by atoms with Gasteiger partial charge in [-0.05, 0) is 54.8 Å². The quantitative estimate of drug-likeness (QED) is 0.466. The minimum Gasteiger partial charge on any atom is -0.436 e. The lowest BCUT2D eigenvalue weighted by Crippen LogP contribution is -2.09. The number of amides is 1. The molecular formula is C20H14N4O2S. The Hall–Kier alpha value is -3.45. The van der Waals surface area contributed by atoms with E-state index in [1.165, 1.54) is 11.3 Å². The lowest BCUT2D eigenvalue weighted by atomic mass is 10.2. The minimum absolute atomic E-state index is 0.131. The van der Waals surface area contributed by atoms with Gasteiger partial charge in [0.1, 0.15) is 11.3 Å². The van der Waals surface area contributed by atoms with Gasteiger partial charge in [-0.25, -0.2) is 9.97 Å². The van der Waals surface area contributed by atoms with Crippen molar-refractivity contribution in [2.24, 2.45) is 0 Å². The number of nitrogens with one attached hydrogen (secondary N) is 2. The van der Waals surface area contributed by atoms with E-state index in [1.807, 2.05) is 54.8 Å². The average molecular weight is 374 g/mol. The summed E-state index contributed by atoms with van der Waals surface area (Å²) in [6.45, 7) is 1.92. The number of carbonyl (C=O) groups excluding carboxylic acids is 1. The Labute approximate surface area is 157 Å². The van der Waals surface area contributed by atoms with Crippen molar-refractivity contribution >= 4 is 45.1 Å². The molecule has 6 nitrogen and oxygen atoms in total. The number of hydrogen-bond acceptors (Lipinski definition) is 5. The molecule has 0 aliphatic rings. The van der Waals surface area contributed by atoms with E-state index in [9.17, 15) is 4.79 Å². The van der Waals surface area contributed by atoms with Crippen molar-refractivity contribution in [1.29, 1.82) is 0 Å². The first-order chi connectivity index (χ1) is 13.2. The van der Waals surface area contributed by atoms with Gasteiger partial charge in [0, 0.05) is 11.3 Å². The smallest absolute Gasteiger partial charge is 0.265 e. The molecule has 5 aromatic rings. The maximum atomic E-state index is 12.2. The number of nitrogens with zero attached hydrogens (tertiary/aromatic N) is 2. The summed E-state index contributed by atoms with van der Waals surface area (Å²) in [5, 5.41) is 4.76. The number of thiophene rings is 1. The van der Waals surface area contributed by atoms with E-state index in [0.29, 0.717) is 27.6 Å². The summed E-state index contributed by atoms with van der Waals surface area (Å²) >= 11 is 1.40. The molecule has 0 saturated carbocycles. The molecule has 1 amide bonds. The zero-order chi connectivity index (χ0) is 18.4. The van der Waals surface area contributed by atoms with Crippen molar-refractivity contribution in [3.05, 3.63) is 64.6 Å². The zero-order valence-electron chi connectivity index (χ0n) is 14.3. The Kier molecular flexibility index (Phi) is 3.54. The Morgan fingerprint density at radius 3 is 2.89 bits per heavy atom. The van der Waals surface area contributed by atoms with Crippen molar-refractivity contribution in [3.8, 4) is 11.5 Å². The molecule has 0 atom stereocenters. The normalized spacial score (nSPS) is 11.3. The van der Waals surface area contributed by atoms with Crippen molar-refractivity contribution in [2.45, 2.75) is 6.92 Å². The van der Waals surface area contributed by atoms with Crippen LogP contribution in [0.15, 0.2) is 58.3 Å². The van der Waals surface area contributed by atoms with Crippen LogP contribution in [0.1, 0.15) is 15.5 Å². The van der Waals surface area contributed by atoms with Crippen LogP contribution in [0.5, 0.6) is 0 Å². The summed E-state index contributed by atoms with van der Waals surface area (Å²) in [5.41, 5.74) is 4.75.